The molecule has 0 radical (unpaired) electrons. The van der Waals surface area contributed by atoms with Gasteiger partial charge in [-0.2, -0.15) is 11.8 Å². The van der Waals surface area contributed by atoms with Crippen molar-refractivity contribution in [2.45, 2.75) is 33.2 Å². The van der Waals surface area contributed by atoms with Gasteiger partial charge in [-0.3, -0.25) is 4.79 Å². The van der Waals surface area contributed by atoms with Crippen LogP contribution in [0.3, 0.4) is 0 Å². The summed E-state index contributed by atoms with van der Waals surface area (Å²) in [4.78, 5) is 12.0. The highest BCUT2D eigenvalue weighted by Crippen LogP contribution is 2.06. The van der Waals surface area contributed by atoms with Crippen LogP contribution in [0.25, 0.3) is 0 Å². The second-order valence-corrected chi connectivity index (χ2v) is 5.22. The van der Waals surface area contributed by atoms with E-state index >= 15 is 0 Å². The number of amides is 1. The van der Waals surface area contributed by atoms with E-state index in [0.717, 1.165) is 11.5 Å². The molecule has 0 aromatic carbocycles. The Hall–Kier alpha value is -0.290. The smallest absolute Gasteiger partial charge is 0.230 e. The first-order valence-electron chi connectivity index (χ1n) is 5.20. The van der Waals surface area contributed by atoms with E-state index in [1.807, 2.05) is 25.6 Å². The van der Waals surface area contributed by atoms with Crippen molar-refractivity contribution in [3.05, 3.63) is 0 Å². The Labute approximate surface area is 102 Å². The molecule has 0 aliphatic heterocycles. The lowest BCUT2D eigenvalue weighted by Crippen LogP contribution is -2.42. The van der Waals surface area contributed by atoms with Crippen LogP contribution in [0, 0.1) is 5.92 Å². The minimum Gasteiger partial charge on any atom is -0.393 e. The Morgan fingerprint density at radius 3 is 2.53 bits per heavy atom. The molecule has 2 atom stereocenters. The van der Waals surface area contributed by atoms with Gasteiger partial charge in [-0.15, -0.1) is 0 Å². The summed E-state index contributed by atoms with van der Waals surface area (Å²) in [7, 11) is 0. The van der Waals surface area contributed by atoms with E-state index < -0.39 is 0 Å². The van der Waals surface area contributed by atoms with Gasteiger partial charge >= 0.3 is 0 Å². The Morgan fingerprint density at radius 2 is 2.13 bits per heavy atom. The van der Waals surface area contributed by atoms with Crippen LogP contribution in [0.4, 0.5) is 0 Å². The summed E-state index contributed by atoms with van der Waals surface area (Å²) in [6, 6.07) is 0.172. The molecule has 0 aromatic heterocycles. The summed E-state index contributed by atoms with van der Waals surface area (Å²) in [6.07, 6.45) is 0.662. The zero-order valence-electron chi connectivity index (χ0n) is 9.58. The molecule has 0 spiro atoms. The standard InChI is InChI=1S/C10H20N2OS2/c1-4-8(9(11)14)10(13)12-7(3)6-15-5-2/h7-8H,4-6H2,1-3H3,(H2,11,14)(H,12,13). The fraction of sp³-hybridized carbons (Fsp3) is 0.800. The lowest BCUT2D eigenvalue weighted by Gasteiger charge is -2.18. The van der Waals surface area contributed by atoms with Gasteiger partial charge in [0.2, 0.25) is 5.91 Å². The van der Waals surface area contributed by atoms with Crippen molar-refractivity contribution in [3.8, 4) is 0 Å². The normalized spacial score (nSPS) is 14.3. The number of carbonyl (C=O) groups excluding carboxylic acids is 1. The molecule has 0 heterocycles. The lowest BCUT2D eigenvalue weighted by atomic mass is 10.1. The average molecular weight is 248 g/mol. The maximum absolute atomic E-state index is 11.7. The first-order valence-corrected chi connectivity index (χ1v) is 6.76. The number of rotatable bonds is 7. The largest absolute Gasteiger partial charge is 0.393 e. The van der Waals surface area contributed by atoms with Crippen LogP contribution in [0.5, 0.6) is 0 Å². The average Bonchev–Trinajstić information content (AvgIpc) is 2.15. The molecule has 88 valence electrons. The Kier molecular flexibility index (Phi) is 7.78. The number of thiocarbonyl (C=S) groups is 1. The summed E-state index contributed by atoms with van der Waals surface area (Å²) in [6.45, 7) is 6.00. The number of hydrogen-bond acceptors (Lipinski definition) is 3. The molecule has 3 N–H and O–H groups in total. The highest BCUT2D eigenvalue weighted by molar-refractivity contribution is 7.99. The summed E-state index contributed by atoms with van der Waals surface area (Å²) in [5.41, 5.74) is 5.49. The monoisotopic (exact) mass is 248 g/mol. The topological polar surface area (TPSA) is 55.1 Å². The molecule has 5 heteroatoms. The van der Waals surface area contributed by atoms with Gasteiger partial charge in [0.1, 0.15) is 0 Å². The van der Waals surface area contributed by atoms with E-state index in [-0.39, 0.29) is 22.9 Å². The molecule has 0 aliphatic rings. The van der Waals surface area contributed by atoms with Crippen molar-refractivity contribution in [1.29, 1.82) is 0 Å². The second-order valence-electron chi connectivity index (χ2n) is 3.43. The molecule has 0 saturated heterocycles. The van der Waals surface area contributed by atoms with E-state index in [9.17, 15) is 4.79 Å². The summed E-state index contributed by atoms with van der Waals surface area (Å²) in [5.74, 6) is 1.62. The highest BCUT2D eigenvalue weighted by atomic mass is 32.2. The van der Waals surface area contributed by atoms with Crippen molar-refractivity contribution >= 4 is 34.9 Å². The summed E-state index contributed by atoms with van der Waals surface area (Å²) < 4.78 is 0. The number of hydrogen-bond donors (Lipinski definition) is 2. The Bertz CT molecular complexity index is 221. The van der Waals surface area contributed by atoms with Gasteiger partial charge in [-0.1, -0.05) is 26.1 Å². The van der Waals surface area contributed by atoms with Crippen LogP contribution in [-0.2, 0) is 4.79 Å². The van der Waals surface area contributed by atoms with E-state index in [1.54, 1.807) is 0 Å². The predicted octanol–water partition coefficient (Wildman–Crippen LogP) is 1.56. The third kappa shape index (κ3) is 5.99. The van der Waals surface area contributed by atoms with Crippen molar-refractivity contribution in [2.24, 2.45) is 11.7 Å². The van der Waals surface area contributed by atoms with Crippen molar-refractivity contribution in [3.63, 3.8) is 0 Å². The van der Waals surface area contributed by atoms with Crippen molar-refractivity contribution < 1.29 is 4.79 Å². The van der Waals surface area contributed by atoms with Crippen LogP contribution in [-0.4, -0.2) is 28.4 Å². The van der Waals surface area contributed by atoms with E-state index in [1.165, 1.54) is 0 Å². The first kappa shape index (κ1) is 14.7. The molecule has 15 heavy (non-hydrogen) atoms. The van der Waals surface area contributed by atoms with E-state index in [2.05, 4.69) is 12.2 Å². The lowest BCUT2D eigenvalue weighted by molar-refractivity contribution is -0.123. The van der Waals surface area contributed by atoms with Crippen molar-refractivity contribution in [2.75, 3.05) is 11.5 Å². The molecule has 2 unspecified atom stereocenters. The van der Waals surface area contributed by atoms with Gasteiger partial charge in [0, 0.05) is 11.8 Å². The third-order valence-electron chi connectivity index (χ3n) is 2.03. The molecule has 0 aromatic rings. The number of nitrogens with one attached hydrogen (secondary N) is 1. The van der Waals surface area contributed by atoms with Crippen molar-refractivity contribution in [1.82, 2.24) is 5.32 Å². The minimum atomic E-state index is -0.325. The zero-order chi connectivity index (χ0) is 11.8. The molecule has 0 saturated carbocycles. The number of carbonyl (C=O) groups is 1. The summed E-state index contributed by atoms with van der Waals surface area (Å²) in [5, 5.41) is 2.92. The van der Waals surface area contributed by atoms with Crippen LogP contribution in [0.15, 0.2) is 0 Å². The maximum atomic E-state index is 11.7. The third-order valence-corrected chi connectivity index (χ3v) is 3.46. The molecule has 0 aliphatic carbocycles. The molecular weight excluding hydrogens is 228 g/mol. The maximum Gasteiger partial charge on any atom is 0.230 e. The Balaban J connectivity index is 4.04. The molecule has 0 fully saturated rings. The number of nitrogens with two attached hydrogens (primary N) is 1. The van der Waals surface area contributed by atoms with Gasteiger partial charge in [0.25, 0.3) is 0 Å². The Morgan fingerprint density at radius 1 is 1.53 bits per heavy atom. The SMILES string of the molecule is CCSCC(C)NC(=O)C(CC)C(N)=S. The van der Waals surface area contributed by atoms with Gasteiger partial charge in [0.05, 0.1) is 10.9 Å². The fourth-order valence-electron chi connectivity index (χ4n) is 1.20. The van der Waals surface area contributed by atoms with Gasteiger partial charge < -0.3 is 11.1 Å². The first-order chi connectivity index (χ1) is 7.02. The van der Waals surface area contributed by atoms with Crippen LogP contribution >= 0.6 is 24.0 Å². The van der Waals surface area contributed by atoms with Gasteiger partial charge in [0.15, 0.2) is 0 Å². The predicted molar refractivity (Wildman–Crippen MR) is 71.2 cm³/mol. The van der Waals surface area contributed by atoms with E-state index in [4.69, 9.17) is 18.0 Å². The zero-order valence-corrected chi connectivity index (χ0v) is 11.2. The second kappa shape index (κ2) is 7.93. The van der Waals surface area contributed by atoms with Gasteiger partial charge in [-0.25, -0.2) is 0 Å². The van der Waals surface area contributed by atoms with Crippen LogP contribution < -0.4 is 11.1 Å². The quantitative estimate of drug-likeness (QED) is 0.671. The number of thioether (sulfide) groups is 1. The minimum absolute atomic E-state index is 0.0470. The molecule has 0 bridgehead atoms. The van der Waals surface area contributed by atoms with Gasteiger partial charge in [-0.05, 0) is 19.1 Å². The highest BCUT2D eigenvalue weighted by Gasteiger charge is 2.20. The molecule has 0 rings (SSSR count). The van der Waals surface area contributed by atoms with E-state index in [0.29, 0.717) is 6.42 Å². The van der Waals surface area contributed by atoms with Crippen LogP contribution in [0.2, 0.25) is 0 Å². The van der Waals surface area contributed by atoms with Crippen LogP contribution in [0.1, 0.15) is 27.2 Å². The summed E-state index contributed by atoms with van der Waals surface area (Å²) >= 11 is 6.65. The fourth-order valence-corrected chi connectivity index (χ4v) is 2.14. The molecule has 1 amide bonds. The molecular formula is C10H20N2OS2. The molecule has 3 nitrogen and oxygen atoms in total.